The van der Waals surface area contributed by atoms with E-state index in [9.17, 15) is 0 Å². The van der Waals surface area contributed by atoms with Crippen molar-refractivity contribution in [3.63, 3.8) is 0 Å². The van der Waals surface area contributed by atoms with Crippen LogP contribution in [-0.2, 0) is 0 Å². The summed E-state index contributed by atoms with van der Waals surface area (Å²) in [7, 11) is 0. The molecule has 1 saturated heterocycles. The van der Waals surface area contributed by atoms with Crippen molar-refractivity contribution in [1.29, 1.82) is 0 Å². The molecule has 0 aliphatic carbocycles. The lowest BCUT2D eigenvalue weighted by molar-refractivity contribution is 0.430. The predicted octanol–water partition coefficient (Wildman–Crippen LogP) is -0.00740. The van der Waals surface area contributed by atoms with Gasteiger partial charge in [-0.15, -0.1) is 6.58 Å². The zero-order valence-electron chi connectivity index (χ0n) is 4.35. The van der Waals surface area contributed by atoms with Crippen molar-refractivity contribution in [1.82, 2.24) is 10.4 Å². The van der Waals surface area contributed by atoms with Crippen molar-refractivity contribution < 1.29 is 0 Å². The highest BCUT2D eigenvalue weighted by Crippen LogP contribution is 1.94. The Balaban J connectivity index is 1.88. The van der Waals surface area contributed by atoms with Crippen LogP contribution in [-0.4, -0.2) is 24.6 Å². The van der Waals surface area contributed by atoms with Gasteiger partial charge < -0.3 is 0 Å². The molecule has 1 N–H and O–H groups in total. The highest BCUT2D eigenvalue weighted by atomic mass is 15.6. The van der Waals surface area contributed by atoms with Crippen molar-refractivity contribution in [3.05, 3.63) is 12.7 Å². The van der Waals surface area contributed by atoms with E-state index in [4.69, 9.17) is 0 Å². The molecular formula is C5H10N2. The first kappa shape index (κ1) is 4.81. The van der Waals surface area contributed by atoms with Crippen LogP contribution in [0.25, 0.3) is 0 Å². The van der Waals surface area contributed by atoms with Crippen molar-refractivity contribution in [2.24, 2.45) is 0 Å². The largest absolute Gasteiger partial charge is 0.251 e. The zero-order valence-corrected chi connectivity index (χ0v) is 4.35. The molecular weight excluding hydrogens is 88.1 g/mol. The molecule has 0 bridgehead atoms. The van der Waals surface area contributed by atoms with Gasteiger partial charge in [0.25, 0.3) is 0 Å². The Morgan fingerprint density at radius 3 is 2.86 bits per heavy atom. The molecule has 0 aromatic heterocycles. The summed E-state index contributed by atoms with van der Waals surface area (Å²) in [6.45, 7) is 6.88. The molecule has 0 radical (unpaired) electrons. The second-order valence-electron chi connectivity index (χ2n) is 1.64. The lowest BCUT2D eigenvalue weighted by Crippen LogP contribution is -2.19. The maximum atomic E-state index is 3.57. The molecule has 0 saturated carbocycles. The van der Waals surface area contributed by atoms with Gasteiger partial charge in [-0.2, -0.15) is 0 Å². The molecule has 1 fully saturated rings. The van der Waals surface area contributed by atoms with Gasteiger partial charge in [0, 0.05) is 19.6 Å². The first-order chi connectivity index (χ1) is 3.43. The van der Waals surface area contributed by atoms with Crippen LogP contribution in [0.5, 0.6) is 0 Å². The van der Waals surface area contributed by atoms with Crippen molar-refractivity contribution >= 4 is 0 Å². The molecule has 0 atom stereocenters. The van der Waals surface area contributed by atoms with E-state index >= 15 is 0 Å². The van der Waals surface area contributed by atoms with Gasteiger partial charge in [0.1, 0.15) is 0 Å². The van der Waals surface area contributed by atoms with Crippen LogP contribution < -0.4 is 5.43 Å². The van der Waals surface area contributed by atoms with Gasteiger partial charge in [-0.05, 0) is 0 Å². The predicted molar refractivity (Wildman–Crippen MR) is 29.8 cm³/mol. The minimum atomic E-state index is 0.903. The van der Waals surface area contributed by atoms with Crippen LogP contribution >= 0.6 is 0 Å². The molecule has 0 aromatic carbocycles. The lowest BCUT2D eigenvalue weighted by Gasteiger charge is -1.95. The van der Waals surface area contributed by atoms with Gasteiger partial charge >= 0.3 is 0 Å². The Morgan fingerprint density at radius 2 is 2.43 bits per heavy atom. The Morgan fingerprint density at radius 1 is 1.71 bits per heavy atom. The standard InChI is InChI=1S/C5H10N2/c1-2-3-6-7-4-5-7/h2,6H,1,3-5H2. The van der Waals surface area contributed by atoms with Gasteiger partial charge in [0.2, 0.25) is 0 Å². The normalized spacial score (nSPS) is 19.4. The fourth-order valence-corrected chi connectivity index (χ4v) is 0.402. The molecule has 1 aliphatic rings. The van der Waals surface area contributed by atoms with E-state index in [-0.39, 0.29) is 0 Å². The number of hydrogen-bond acceptors (Lipinski definition) is 2. The Bertz CT molecular complexity index is 66.5. The third-order valence-electron chi connectivity index (χ3n) is 0.906. The van der Waals surface area contributed by atoms with Crippen molar-refractivity contribution in [2.45, 2.75) is 0 Å². The van der Waals surface area contributed by atoms with E-state index in [1.54, 1.807) is 0 Å². The number of hydrogen-bond donors (Lipinski definition) is 1. The molecule has 0 aromatic rings. The summed E-state index contributed by atoms with van der Waals surface area (Å²) < 4.78 is 0. The van der Waals surface area contributed by atoms with Crippen molar-refractivity contribution in [2.75, 3.05) is 19.6 Å². The van der Waals surface area contributed by atoms with Crippen LogP contribution in [0.3, 0.4) is 0 Å². The summed E-state index contributed by atoms with van der Waals surface area (Å²) in [4.78, 5) is 0. The molecule has 0 amide bonds. The second-order valence-corrected chi connectivity index (χ2v) is 1.64. The highest BCUT2D eigenvalue weighted by molar-refractivity contribution is 4.73. The first-order valence-corrected chi connectivity index (χ1v) is 2.53. The number of hydrazine groups is 1. The summed E-state index contributed by atoms with van der Waals surface area (Å²) >= 11 is 0. The topological polar surface area (TPSA) is 15.0 Å². The smallest absolute Gasteiger partial charge is 0.0280 e. The summed E-state index contributed by atoms with van der Waals surface area (Å²) in [5, 5.41) is 2.14. The van der Waals surface area contributed by atoms with E-state index < -0.39 is 0 Å². The fraction of sp³-hybridized carbons (Fsp3) is 0.600. The molecule has 1 rings (SSSR count). The van der Waals surface area contributed by atoms with Crippen molar-refractivity contribution in [3.8, 4) is 0 Å². The van der Waals surface area contributed by atoms with Crippen LogP contribution in [0, 0.1) is 0 Å². The quantitative estimate of drug-likeness (QED) is 0.394. The molecule has 1 aliphatic heterocycles. The van der Waals surface area contributed by atoms with E-state index in [1.165, 1.54) is 13.1 Å². The molecule has 1 heterocycles. The van der Waals surface area contributed by atoms with E-state index in [1.807, 2.05) is 6.08 Å². The third-order valence-corrected chi connectivity index (χ3v) is 0.906. The molecule has 2 heteroatoms. The van der Waals surface area contributed by atoms with Crippen LogP contribution in [0.4, 0.5) is 0 Å². The summed E-state index contributed by atoms with van der Waals surface area (Å²) in [5.74, 6) is 0. The first-order valence-electron chi connectivity index (χ1n) is 2.53. The van der Waals surface area contributed by atoms with Gasteiger partial charge in [-0.3, -0.25) is 5.43 Å². The molecule has 40 valence electrons. The Labute approximate surface area is 43.8 Å². The summed E-state index contributed by atoms with van der Waals surface area (Å²) in [6, 6.07) is 0. The van der Waals surface area contributed by atoms with Crippen LogP contribution in [0.15, 0.2) is 12.7 Å². The van der Waals surface area contributed by atoms with Crippen LogP contribution in [0.2, 0.25) is 0 Å². The second kappa shape index (κ2) is 2.09. The number of rotatable bonds is 3. The van der Waals surface area contributed by atoms with Gasteiger partial charge in [0.15, 0.2) is 0 Å². The monoisotopic (exact) mass is 98.1 g/mol. The minimum absolute atomic E-state index is 0.903. The average Bonchev–Trinajstić information content (AvgIpc) is 2.42. The molecule has 2 nitrogen and oxygen atoms in total. The summed E-state index contributed by atoms with van der Waals surface area (Å²) in [6.07, 6.45) is 1.86. The SMILES string of the molecule is C=CCNN1CC1. The maximum Gasteiger partial charge on any atom is 0.0280 e. The third kappa shape index (κ3) is 1.71. The Kier molecular flexibility index (Phi) is 1.44. The Hall–Kier alpha value is -0.340. The summed E-state index contributed by atoms with van der Waals surface area (Å²) in [5.41, 5.74) is 3.12. The molecule has 0 spiro atoms. The lowest BCUT2D eigenvalue weighted by atomic mass is 10.7. The fourth-order valence-electron chi connectivity index (χ4n) is 0.402. The van der Waals surface area contributed by atoms with E-state index in [0.717, 1.165) is 6.54 Å². The van der Waals surface area contributed by atoms with Gasteiger partial charge in [-0.25, -0.2) is 5.01 Å². The molecule has 0 unspecified atom stereocenters. The van der Waals surface area contributed by atoms with E-state index in [2.05, 4.69) is 17.0 Å². The minimum Gasteiger partial charge on any atom is -0.251 e. The van der Waals surface area contributed by atoms with E-state index in [0.29, 0.717) is 0 Å². The molecule has 7 heavy (non-hydrogen) atoms. The van der Waals surface area contributed by atoms with Crippen LogP contribution in [0.1, 0.15) is 0 Å². The zero-order chi connectivity index (χ0) is 5.11. The maximum absolute atomic E-state index is 3.57. The average molecular weight is 98.1 g/mol. The van der Waals surface area contributed by atoms with Gasteiger partial charge in [-0.1, -0.05) is 6.08 Å². The number of nitrogens with zero attached hydrogens (tertiary/aromatic N) is 1. The number of nitrogens with one attached hydrogen (secondary N) is 1. The van der Waals surface area contributed by atoms with Gasteiger partial charge in [0.05, 0.1) is 0 Å². The highest BCUT2D eigenvalue weighted by Gasteiger charge is 2.14.